The highest BCUT2D eigenvalue weighted by molar-refractivity contribution is 7.89. The van der Waals surface area contributed by atoms with Crippen LogP contribution in [0, 0.1) is 17.0 Å². The Hall–Kier alpha value is -1.51. The lowest BCUT2D eigenvalue weighted by atomic mass is 10.0. The molecule has 110 valence electrons. The van der Waals surface area contributed by atoms with Crippen molar-refractivity contribution in [3.05, 3.63) is 33.9 Å². The van der Waals surface area contributed by atoms with Crippen molar-refractivity contribution in [1.29, 1.82) is 0 Å². The molecule has 2 N–H and O–H groups in total. The summed E-state index contributed by atoms with van der Waals surface area (Å²) >= 11 is 0. The lowest BCUT2D eigenvalue weighted by molar-refractivity contribution is -0.385. The van der Waals surface area contributed by atoms with Crippen LogP contribution in [-0.2, 0) is 10.0 Å². The standard InChI is InChI=1S/C12H17N3O4S/c1-9-10(15(16)17)4-3-5-11(9)20(18,19)14-12(2)6-7-13-8-12/h3-5,13-14H,6-8H2,1-2H3. The first-order valence-electron chi connectivity index (χ1n) is 6.24. The van der Waals surface area contributed by atoms with Gasteiger partial charge in [-0.1, -0.05) is 6.07 Å². The second kappa shape index (κ2) is 5.12. The van der Waals surface area contributed by atoms with Gasteiger partial charge in [-0.3, -0.25) is 10.1 Å². The zero-order valence-corrected chi connectivity index (χ0v) is 12.2. The highest BCUT2D eigenvalue weighted by Gasteiger charge is 2.34. The van der Waals surface area contributed by atoms with Crippen LogP contribution in [0.15, 0.2) is 23.1 Å². The number of nitro groups is 1. The Kier molecular flexibility index (Phi) is 3.81. The normalized spacial score (nSPS) is 22.9. The third-order valence-electron chi connectivity index (χ3n) is 3.49. The quantitative estimate of drug-likeness (QED) is 0.636. The van der Waals surface area contributed by atoms with Crippen LogP contribution < -0.4 is 10.0 Å². The van der Waals surface area contributed by atoms with E-state index in [1.54, 1.807) is 0 Å². The molecule has 1 aliphatic heterocycles. The Morgan fingerprint density at radius 1 is 1.45 bits per heavy atom. The maximum Gasteiger partial charge on any atom is 0.273 e. The van der Waals surface area contributed by atoms with Gasteiger partial charge in [-0.05, 0) is 32.9 Å². The number of rotatable bonds is 4. The molecule has 7 nitrogen and oxygen atoms in total. The molecular weight excluding hydrogens is 282 g/mol. The molecule has 1 fully saturated rings. The second-order valence-corrected chi connectivity index (χ2v) is 6.90. The van der Waals surface area contributed by atoms with Crippen LogP contribution in [0.4, 0.5) is 5.69 Å². The summed E-state index contributed by atoms with van der Waals surface area (Å²) in [5.74, 6) is 0. The van der Waals surface area contributed by atoms with Gasteiger partial charge in [0.2, 0.25) is 10.0 Å². The third kappa shape index (κ3) is 2.82. The number of benzene rings is 1. The molecule has 0 saturated carbocycles. The lowest BCUT2D eigenvalue weighted by Crippen LogP contribution is -2.47. The Morgan fingerprint density at radius 2 is 2.15 bits per heavy atom. The van der Waals surface area contributed by atoms with E-state index in [2.05, 4.69) is 10.0 Å². The molecule has 0 amide bonds. The van der Waals surface area contributed by atoms with E-state index < -0.39 is 20.5 Å². The summed E-state index contributed by atoms with van der Waals surface area (Å²) in [5.41, 5.74) is -0.599. The van der Waals surface area contributed by atoms with Gasteiger partial charge in [0.25, 0.3) is 5.69 Å². The van der Waals surface area contributed by atoms with Crippen LogP contribution in [-0.4, -0.2) is 32.0 Å². The Labute approximate surface area is 117 Å². The van der Waals surface area contributed by atoms with Gasteiger partial charge < -0.3 is 5.32 Å². The van der Waals surface area contributed by atoms with Crippen molar-refractivity contribution in [2.24, 2.45) is 0 Å². The molecule has 1 aromatic carbocycles. The average Bonchev–Trinajstić information content (AvgIpc) is 2.74. The minimum absolute atomic E-state index is 0.0418. The van der Waals surface area contributed by atoms with E-state index in [1.165, 1.54) is 25.1 Å². The molecular formula is C12H17N3O4S. The Balaban J connectivity index is 2.40. The Morgan fingerprint density at radius 3 is 2.70 bits per heavy atom. The van der Waals surface area contributed by atoms with Crippen LogP contribution in [0.5, 0.6) is 0 Å². The fourth-order valence-corrected chi connectivity index (χ4v) is 4.07. The molecule has 20 heavy (non-hydrogen) atoms. The summed E-state index contributed by atoms with van der Waals surface area (Å²) in [7, 11) is -3.78. The van der Waals surface area contributed by atoms with Crippen LogP contribution in [0.1, 0.15) is 18.9 Å². The molecule has 0 spiro atoms. The molecule has 1 aliphatic rings. The van der Waals surface area contributed by atoms with Crippen LogP contribution in [0.3, 0.4) is 0 Å². The van der Waals surface area contributed by atoms with Crippen LogP contribution in [0.2, 0.25) is 0 Å². The van der Waals surface area contributed by atoms with Crippen molar-refractivity contribution >= 4 is 15.7 Å². The summed E-state index contributed by atoms with van der Waals surface area (Å²) in [6.07, 6.45) is 0.681. The molecule has 1 saturated heterocycles. The molecule has 2 rings (SSSR count). The Bertz CT molecular complexity index is 636. The van der Waals surface area contributed by atoms with Gasteiger partial charge >= 0.3 is 0 Å². The average molecular weight is 299 g/mol. The number of nitro benzene ring substituents is 1. The van der Waals surface area contributed by atoms with Gasteiger partial charge in [-0.2, -0.15) is 0 Å². The van der Waals surface area contributed by atoms with Gasteiger partial charge in [0.05, 0.1) is 9.82 Å². The topological polar surface area (TPSA) is 101 Å². The number of hydrogen-bond donors (Lipinski definition) is 2. The van der Waals surface area contributed by atoms with Gasteiger partial charge in [0.1, 0.15) is 0 Å². The van der Waals surface area contributed by atoms with Gasteiger partial charge in [0, 0.05) is 23.7 Å². The lowest BCUT2D eigenvalue weighted by Gasteiger charge is -2.24. The zero-order chi connectivity index (χ0) is 15.0. The maximum atomic E-state index is 12.4. The SMILES string of the molecule is Cc1c([N+](=O)[O-])cccc1S(=O)(=O)NC1(C)CCNC1. The second-order valence-electron chi connectivity index (χ2n) is 5.25. The molecule has 0 aliphatic carbocycles. The number of nitrogens with zero attached hydrogens (tertiary/aromatic N) is 1. The van der Waals surface area contributed by atoms with Crippen LogP contribution >= 0.6 is 0 Å². The van der Waals surface area contributed by atoms with E-state index >= 15 is 0 Å². The molecule has 1 unspecified atom stereocenters. The minimum Gasteiger partial charge on any atom is -0.315 e. The van der Waals surface area contributed by atoms with Crippen molar-refractivity contribution in [2.45, 2.75) is 30.7 Å². The van der Waals surface area contributed by atoms with E-state index in [-0.39, 0.29) is 16.1 Å². The van der Waals surface area contributed by atoms with E-state index in [1.807, 2.05) is 6.92 Å². The molecule has 0 aromatic heterocycles. The molecule has 0 radical (unpaired) electrons. The fraction of sp³-hybridized carbons (Fsp3) is 0.500. The first kappa shape index (κ1) is 14.9. The maximum absolute atomic E-state index is 12.4. The summed E-state index contributed by atoms with van der Waals surface area (Å²) in [6.45, 7) is 4.55. The van der Waals surface area contributed by atoms with Crippen molar-refractivity contribution in [3.8, 4) is 0 Å². The van der Waals surface area contributed by atoms with E-state index in [9.17, 15) is 18.5 Å². The minimum atomic E-state index is -3.78. The summed E-state index contributed by atoms with van der Waals surface area (Å²) < 4.78 is 27.5. The van der Waals surface area contributed by atoms with Gasteiger partial charge in [0.15, 0.2) is 0 Å². The summed E-state index contributed by atoms with van der Waals surface area (Å²) in [4.78, 5) is 10.3. The fourth-order valence-electron chi connectivity index (χ4n) is 2.38. The first-order valence-corrected chi connectivity index (χ1v) is 7.72. The third-order valence-corrected chi connectivity index (χ3v) is 5.27. The van der Waals surface area contributed by atoms with Gasteiger partial charge in [-0.25, -0.2) is 13.1 Å². The predicted molar refractivity (Wildman–Crippen MR) is 74.0 cm³/mol. The van der Waals surface area contributed by atoms with Crippen molar-refractivity contribution in [3.63, 3.8) is 0 Å². The van der Waals surface area contributed by atoms with E-state index in [0.29, 0.717) is 13.0 Å². The summed E-state index contributed by atoms with van der Waals surface area (Å²) in [6, 6.07) is 4.07. The number of nitrogens with one attached hydrogen (secondary N) is 2. The highest BCUT2D eigenvalue weighted by Crippen LogP contribution is 2.26. The number of hydrogen-bond acceptors (Lipinski definition) is 5. The summed E-state index contributed by atoms with van der Waals surface area (Å²) in [5, 5.41) is 14.0. The highest BCUT2D eigenvalue weighted by atomic mass is 32.2. The van der Waals surface area contributed by atoms with Crippen molar-refractivity contribution < 1.29 is 13.3 Å². The van der Waals surface area contributed by atoms with Crippen molar-refractivity contribution in [2.75, 3.05) is 13.1 Å². The number of sulfonamides is 1. The zero-order valence-electron chi connectivity index (χ0n) is 11.3. The molecule has 8 heteroatoms. The molecule has 1 aromatic rings. The molecule has 0 bridgehead atoms. The van der Waals surface area contributed by atoms with Crippen molar-refractivity contribution in [1.82, 2.24) is 10.0 Å². The molecule has 1 heterocycles. The van der Waals surface area contributed by atoms with Crippen LogP contribution in [0.25, 0.3) is 0 Å². The predicted octanol–water partition coefficient (Wildman–Crippen LogP) is 0.934. The largest absolute Gasteiger partial charge is 0.315 e. The smallest absolute Gasteiger partial charge is 0.273 e. The van der Waals surface area contributed by atoms with Gasteiger partial charge in [-0.15, -0.1) is 0 Å². The molecule has 1 atom stereocenters. The monoisotopic (exact) mass is 299 g/mol. The first-order chi connectivity index (χ1) is 9.25. The van der Waals surface area contributed by atoms with E-state index in [4.69, 9.17) is 0 Å². The van der Waals surface area contributed by atoms with E-state index in [0.717, 1.165) is 6.54 Å².